The van der Waals surface area contributed by atoms with Crippen molar-refractivity contribution in [2.75, 3.05) is 11.9 Å². The Morgan fingerprint density at radius 3 is 2.88 bits per heavy atom. The van der Waals surface area contributed by atoms with E-state index in [2.05, 4.69) is 45.3 Å². The van der Waals surface area contributed by atoms with Crippen molar-refractivity contribution >= 4 is 49.8 Å². The van der Waals surface area contributed by atoms with E-state index in [1.807, 2.05) is 0 Å². The van der Waals surface area contributed by atoms with Gasteiger partial charge in [0, 0.05) is 34.0 Å². The Hall–Kier alpha value is -1.28. The number of nitrogens with one attached hydrogen (secondary N) is 2. The van der Waals surface area contributed by atoms with E-state index in [9.17, 15) is 9.90 Å². The predicted molar refractivity (Wildman–Crippen MR) is 108 cm³/mol. The van der Waals surface area contributed by atoms with Crippen molar-refractivity contribution in [3.8, 4) is 5.75 Å². The van der Waals surface area contributed by atoms with Gasteiger partial charge in [-0.1, -0.05) is 27.5 Å². The van der Waals surface area contributed by atoms with Gasteiger partial charge in [-0.15, -0.1) is 11.3 Å². The third-order valence-corrected chi connectivity index (χ3v) is 6.86. The van der Waals surface area contributed by atoms with Crippen molar-refractivity contribution in [2.24, 2.45) is 0 Å². The largest absolute Gasteiger partial charge is 0.506 e. The average molecular weight is 457 g/mol. The van der Waals surface area contributed by atoms with Gasteiger partial charge in [-0.05, 0) is 38.0 Å². The minimum atomic E-state index is -0.522. The third-order valence-electron chi connectivity index (χ3n) is 4.96. The zero-order valence-electron chi connectivity index (χ0n) is 14.4. The first-order valence-corrected chi connectivity index (χ1v) is 10.5. The average Bonchev–Trinajstić information content (AvgIpc) is 2.95. The van der Waals surface area contributed by atoms with Crippen LogP contribution < -0.4 is 10.6 Å². The fourth-order valence-electron chi connectivity index (χ4n) is 3.54. The second-order valence-electron chi connectivity index (χ2n) is 6.90. The van der Waals surface area contributed by atoms with Crippen molar-refractivity contribution in [1.29, 1.82) is 0 Å². The second-order valence-corrected chi connectivity index (χ2v) is 9.33. The van der Waals surface area contributed by atoms with E-state index < -0.39 is 6.17 Å². The molecule has 0 spiro atoms. The Balaban J connectivity index is 1.69. The maximum atomic E-state index is 12.8. The molecule has 1 aromatic carbocycles. The maximum absolute atomic E-state index is 12.8. The smallest absolute Gasteiger partial charge is 0.256 e. The lowest BCUT2D eigenvalue weighted by Crippen LogP contribution is -2.39. The SMILES string of the molecule is CC(C)N1CCc2c(sc3c2C(=O)N[C@H](c2cc(Br)cc(Cl)c2O)N3)C1. The maximum Gasteiger partial charge on any atom is 0.256 e. The monoisotopic (exact) mass is 455 g/mol. The molecule has 0 radical (unpaired) electrons. The number of fused-ring (bicyclic) bond motifs is 3. The Labute approximate surface area is 169 Å². The molecule has 4 rings (SSSR count). The van der Waals surface area contributed by atoms with Crippen LogP contribution in [-0.2, 0) is 13.0 Å². The molecule has 2 aliphatic heterocycles. The molecule has 0 saturated heterocycles. The number of phenolic OH excluding ortho intramolecular Hbond substituents is 1. The van der Waals surface area contributed by atoms with Crippen molar-refractivity contribution in [3.05, 3.63) is 43.2 Å². The summed E-state index contributed by atoms with van der Waals surface area (Å²) in [6.07, 6.45) is 0.360. The van der Waals surface area contributed by atoms with E-state index >= 15 is 0 Å². The fourth-order valence-corrected chi connectivity index (χ4v) is 5.67. The number of benzene rings is 1. The van der Waals surface area contributed by atoms with Crippen LogP contribution in [0.4, 0.5) is 5.00 Å². The van der Waals surface area contributed by atoms with Gasteiger partial charge in [-0.25, -0.2) is 0 Å². The van der Waals surface area contributed by atoms with Crippen LogP contribution in [-0.4, -0.2) is 28.5 Å². The van der Waals surface area contributed by atoms with Crippen LogP contribution in [0.25, 0.3) is 0 Å². The van der Waals surface area contributed by atoms with Gasteiger partial charge in [0.05, 0.1) is 10.6 Å². The number of amides is 1. The highest BCUT2D eigenvalue weighted by atomic mass is 79.9. The van der Waals surface area contributed by atoms with Crippen LogP contribution in [0, 0.1) is 0 Å². The van der Waals surface area contributed by atoms with Crippen molar-refractivity contribution in [3.63, 3.8) is 0 Å². The van der Waals surface area contributed by atoms with Crippen LogP contribution in [0.5, 0.6) is 5.75 Å². The summed E-state index contributed by atoms with van der Waals surface area (Å²) in [7, 11) is 0. The van der Waals surface area contributed by atoms with Crippen molar-refractivity contribution in [1.82, 2.24) is 10.2 Å². The number of phenols is 1. The highest BCUT2D eigenvalue weighted by Gasteiger charge is 2.34. The highest BCUT2D eigenvalue weighted by molar-refractivity contribution is 9.10. The molecule has 0 aliphatic carbocycles. The van der Waals surface area contributed by atoms with E-state index in [4.69, 9.17) is 11.6 Å². The molecule has 8 heteroatoms. The Morgan fingerprint density at radius 2 is 2.15 bits per heavy atom. The van der Waals surface area contributed by atoms with Gasteiger partial charge in [0.25, 0.3) is 5.91 Å². The Morgan fingerprint density at radius 1 is 1.38 bits per heavy atom. The second kappa shape index (κ2) is 6.71. The molecule has 1 aromatic heterocycles. The van der Waals surface area contributed by atoms with E-state index in [-0.39, 0.29) is 16.7 Å². The molecule has 3 N–H and O–H groups in total. The molecule has 1 amide bonds. The quantitative estimate of drug-likeness (QED) is 0.623. The van der Waals surface area contributed by atoms with Crippen LogP contribution in [0.3, 0.4) is 0 Å². The number of thiophene rings is 1. The van der Waals surface area contributed by atoms with Gasteiger partial charge in [0.1, 0.15) is 16.9 Å². The lowest BCUT2D eigenvalue weighted by atomic mass is 9.99. The number of halogens is 2. The summed E-state index contributed by atoms with van der Waals surface area (Å²) in [5.41, 5.74) is 2.45. The lowest BCUT2D eigenvalue weighted by molar-refractivity contribution is 0.0934. The summed E-state index contributed by atoms with van der Waals surface area (Å²) in [6, 6.07) is 3.87. The zero-order valence-corrected chi connectivity index (χ0v) is 17.6. The number of carbonyl (C=O) groups excluding carboxylic acids is 1. The molecule has 1 atom stereocenters. The molecule has 26 heavy (non-hydrogen) atoms. The number of nitrogens with zero attached hydrogens (tertiary/aromatic N) is 1. The first-order chi connectivity index (χ1) is 12.3. The van der Waals surface area contributed by atoms with E-state index in [0.717, 1.165) is 40.1 Å². The molecule has 138 valence electrons. The first kappa shape index (κ1) is 18.1. The third kappa shape index (κ3) is 3.01. The number of anilines is 1. The van der Waals surface area contributed by atoms with Crippen molar-refractivity contribution in [2.45, 2.75) is 39.0 Å². The summed E-state index contributed by atoms with van der Waals surface area (Å²) in [5, 5.41) is 17.8. The van der Waals surface area contributed by atoms with Gasteiger partial charge in [0.15, 0.2) is 0 Å². The van der Waals surface area contributed by atoms with Gasteiger partial charge in [0.2, 0.25) is 0 Å². The Kier molecular flexibility index (Phi) is 4.67. The standard InChI is InChI=1S/C18H19BrClN3O2S/c1-8(2)23-4-3-10-13(7-23)26-18-14(10)17(25)21-16(22-18)11-5-9(19)6-12(20)15(11)24/h5-6,8,16,22,24H,3-4,7H2,1-2H3,(H,21,25)/t16-/m0/s1. The van der Waals surface area contributed by atoms with Crippen LogP contribution >= 0.6 is 38.9 Å². The number of hydrogen-bond acceptors (Lipinski definition) is 5. The number of hydrogen-bond donors (Lipinski definition) is 3. The minimum Gasteiger partial charge on any atom is -0.506 e. The molecule has 2 aliphatic rings. The fraction of sp³-hybridized carbons (Fsp3) is 0.389. The van der Waals surface area contributed by atoms with E-state index in [0.29, 0.717) is 11.6 Å². The molecule has 2 aromatic rings. The molecule has 0 fully saturated rings. The zero-order chi connectivity index (χ0) is 18.6. The molecular formula is C18H19BrClN3O2S. The number of carbonyl (C=O) groups is 1. The van der Waals surface area contributed by atoms with Gasteiger partial charge < -0.3 is 15.7 Å². The molecule has 5 nitrogen and oxygen atoms in total. The van der Waals surface area contributed by atoms with Gasteiger partial charge in [-0.3, -0.25) is 9.69 Å². The van der Waals surface area contributed by atoms with Crippen molar-refractivity contribution < 1.29 is 9.90 Å². The van der Waals surface area contributed by atoms with Crippen LogP contribution in [0.2, 0.25) is 5.02 Å². The summed E-state index contributed by atoms with van der Waals surface area (Å²) in [4.78, 5) is 16.5. The predicted octanol–water partition coefficient (Wildman–Crippen LogP) is 4.49. The van der Waals surface area contributed by atoms with E-state index in [1.165, 1.54) is 4.88 Å². The summed E-state index contributed by atoms with van der Waals surface area (Å²) in [5.74, 6) is -0.127. The highest BCUT2D eigenvalue weighted by Crippen LogP contribution is 2.43. The van der Waals surface area contributed by atoms with Crippen LogP contribution in [0.15, 0.2) is 16.6 Å². The summed E-state index contributed by atoms with van der Waals surface area (Å²) in [6.45, 7) is 6.23. The summed E-state index contributed by atoms with van der Waals surface area (Å²) >= 11 is 11.1. The van der Waals surface area contributed by atoms with Gasteiger partial charge >= 0.3 is 0 Å². The van der Waals surface area contributed by atoms with Gasteiger partial charge in [-0.2, -0.15) is 0 Å². The Bertz CT molecular complexity index is 899. The molecule has 0 bridgehead atoms. The molecule has 0 saturated carbocycles. The number of rotatable bonds is 2. The molecular weight excluding hydrogens is 438 g/mol. The first-order valence-electron chi connectivity index (χ1n) is 8.49. The van der Waals surface area contributed by atoms with E-state index in [1.54, 1.807) is 23.5 Å². The molecule has 0 unspecified atom stereocenters. The lowest BCUT2D eigenvalue weighted by Gasteiger charge is -2.31. The molecule has 3 heterocycles. The topological polar surface area (TPSA) is 64.6 Å². The van der Waals surface area contributed by atoms with Crippen LogP contribution in [0.1, 0.15) is 46.4 Å². The number of aromatic hydroxyl groups is 1. The normalized spacial score (nSPS) is 19.7. The summed E-state index contributed by atoms with van der Waals surface area (Å²) < 4.78 is 0.746. The minimum absolute atomic E-state index is 0.0246.